The van der Waals surface area contributed by atoms with Crippen LogP contribution >= 0.6 is 24.8 Å². The number of carbonyl (C=O) groups excluding carboxylic acids is 1. The Balaban J connectivity index is 0.00000181. The van der Waals surface area contributed by atoms with Gasteiger partial charge in [0.25, 0.3) is 5.91 Å². The molecule has 1 aromatic carbocycles. The molecule has 1 unspecified atom stereocenters. The Labute approximate surface area is 203 Å². The number of β-amino-alcohol motifs (C(OH)–C–C–N with tert-alkyl or cyclic N) is 1. The summed E-state index contributed by atoms with van der Waals surface area (Å²) in [5, 5.41) is 10.5. The van der Waals surface area contributed by atoms with E-state index in [1.807, 2.05) is 4.90 Å². The summed E-state index contributed by atoms with van der Waals surface area (Å²) in [7, 11) is 0. The molecule has 2 aromatic rings. The van der Waals surface area contributed by atoms with Crippen LogP contribution in [0.15, 0.2) is 48.8 Å². The molecule has 3 heterocycles. The summed E-state index contributed by atoms with van der Waals surface area (Å²) in [6, 6.07) is 12.3. The van der Waals surface area contributed by atoms with Crippen molar-refractivity contribution in [3.8, 4) is 0 Å². The lowest BCUT2D eigenvalue weighted by molar-refractivity contribution is -0.0337. The first-order valence-corrected chi connectivity index (χ1v) is 10.9. The topological polar surface area (TPSA) is 82.7 Å². The molecule has 176 valence electrons. The molecular weight excluding hydrogens is 447 g/mol. The Morgan fingerprint density at radius 2 is 1.81 bits per heavy atom. The third-order valence-electron chi connectivity index (χ3n) is 6.60. The SMILES string of the molecule is Cl.Cl.NCCc1ccc(CN2CCC3(CC2)CC(O)CN(C(=O)c2cccnc2)C3)cc1. The molecular formula is C24H34Cl2N4O2. The molecule has 3 N–H and O–H groups in total. The Morgan fingerprint density at radius 1 is 1.12 bits per heavy atom. The van der Waals surface area contributed by atoms with Crippen LogP contribution in [0, 0.1) is 5.41 Å². The summed E-state index contributed by atoms with van der Waals surface area (Å²) in [5.74, 6) is -0.0266. The lowest BCUT2D eigenvalue weighted by Crippen LogP contribution is -2.55. The smallest absolute Gasteiger partial charge is 0.255 e. The van der Waals surface area contributed by atoms with Crippen LogP contribution in [0.2, 0.25) is 0 Å². The number of aromatic nitrogens is 1. The summed E-state index contributed by atoms with van der Waals surface area (Å²) in [6.07, 6.45) is 6.54. The van der Waals surface area contributed by atoms with E-state index in [0.29, 0.717) is 18.7 Å². The van der Waals surface area contributed by atoms with Crippen molar-refractivity contribution in [2.45, 2.75) is 38.3 Å². The zero-order chi connectivity index (χ0) is 21.0. The highest BCUT2D eigenvalue weighted by Crippen LogP contribution is 2.40. The number of pyridine rings is 1. The number of halogens is 2. The predicted octanol–water partition coefficient (Wildman–Crippen LogP) is 2.92. The number of carbonyl (C=O) groups is 1. The molecule has 2 saturated heterocycles. The average molecular weight is 481 g/mol. The maximum absolute atomic E-state index is 12.9. The van der Waals surface area contributed by atoms with Crippen LogP contribution in [-0.2, 0) is 13.0 Å². The van der Waals surface area contributed by atoms with Crippen molar-refractivity contribution >= 4 is 30.7 Å². The molecule has 0 saturated carbocycles. The molecule has 4 rings (SSSR count). The standard InChI is InChI=1S/C24H32N4O2.2ClH/c25-10-7-19-3-5-20(6-4-19)16-27-12-8-24(9-13-27)14-22(29)17-28(18-24)23(30)21-2-1-11-26-15-21;;/h1-6,11,15,22,29H,7-10,12-14,16-18,25H2;2*1H. The third kappa shape index (κ3) is 6.42. The minimum atomic E-state index is -0.457. The van der Waals surface area contributed by atoms with Crippen LogP contribution in [-0.4, -0.2) is 64.6 Å². The molecule has 1 aromatic heterocycles. The van der Waals surface area contributed by atoms with E-state index in [-0.39, 0.29) is 36.1 Å². The van der Waals surface area contributed by atoms with Gasteiger partial charge < -0.3 is 15.7 Å². The quantitative estimate of drug-likeness (QED) is 0.687. The molecule has 1 amide bonds. The number of amides is 1. The third-order valence-corrected chi connectivity index (χ3v) is 6.60. The van der Waals surface area contributed by atoms with Gasteiger partial charge >= 0.3 is 0 Å². The highest BCUT2D eigenvalue weighted by molar-refractivity contribution is 5.94. The van der Waals surface area contributed by atoms with Gasteiger partial charge in [0, 0.05) is 32.0 Å². The number of nitrogens with zero attached hydrogens (tertiary/aromatic N) is 3. The number of rotatable bonds is 5. The van der Waals surface area contributed by atoms with Crippen LogP contribution in [0.5, 0.6) is 0 Å². The fraction of sp³-hybridized carbons (Fsp3) is 0.500. The lowest BCUT2D eigenvalue weighted by atomic mass is 9.71. The van der Waals surface area contributed by atoms with Crippen molar-refractivity contribution in [3.63, 3.8) is 0 Å². The zero-order valence-corrected chi connectivity index (χ0v) is 20.0. The summed E-state index contributed by atoms with van der Waals surface area (Å²) in [5.41, 5.74) is 8.85. The monoisotopic (exact) mass is 480 g/mol. The van der Waals surface area contributed by atoms with Gasteiger partial charge in [-0.3, -0.25) is 14.7 Å². The molecule has 8 heteroatoms. The number of aliphatic hydroxyl groups is 1. The van der Waals surface area contributed by atoms with E-state index in [1.165, 1.54) is 11.1 Å². The highest BCUT2D eigenvalue weighted by Gasteiger charge is 2.42. The number of hydrogen-bond acceptors (Lipinski definition) is 5. The molecule has 2 aliphatic rings. The van der Waals surface area contributed by atoms with E-state index in [1.54, 1.807) is 24.5 Å². The first-order chi connectivity index (χ1) is 14.6. The van der Waals surface area contributed by atoms with E-state index >= 15 is 0 Å². The van der Waals surface area contributed by atoms with Crippen molar-refractivity contribution in [2.75, 3.05) is 32.7 Å². The number of piperidine rings is 2. The summed E-state index contributed by atoms with van der Waals surface area (Å²) in [4.78, 5) is 21.3. The molecule has 2 fully saturated rings. The first kappa shape index (κ1) is 26.6. The molecule has 0 bridgehead atoms. The summed E-state index contributed by atoms with van der Waals surface area (Å²) in [6.45, 7) is 4.74. The second-order valence-corrected chi connectivity index (χ2v) is 8.92. The highest BCUT2D eigenvalue weighted by atomic mass is 35.5. The number of likely N-dealkylation sites (tertiary alicyclic amines) is 2. The second kappa shape index (κ2) is 12.0. The van der Waals surface area contributed by atoms with Crippen molar-refractivity contribution in [1.82, 2.24) is 14.8 Å². The van der Waals surface area contributed by atoms with E-state index in [2.05, 4.69) is 34.1 Å². The van der Waals surface area contributed by atoms with E-state index in [9.17, 15) is 9.90 Å². The van der Waals surface area contributed by atoms with Crippen LogP contribution in [0.1, 0.15) is 40.7 Å². The first-order valence-electron chi connectivity index (χ1n) is 10.9. The fourth-order valence-corrected chi connectivity index (χ4v) is 4.96. The van der Waals surface area contributed by atoms with E-state index in [0.717, 1.165) is 51.9 Å². The van der Waals surface area contributed by atoms with Crippen LogP contribution in [0.25, 0.3) is 0 Å². The Hall–Kier alpha value is -1.70. The van der Waals surface area contributed by atoms with E-state index < -0.39 is 6.10 Å². The minimum absolute atomic E-state index is 0. The molecule has 0 radical (unpaired) electrons. The maximum atomic E-state index is 12.9. The maximum Gasteiger partial charge on any atom is 0.255 e. The van der Waals surface area contributed by atoms with Gasteiger partial charge in [-0.1, -0.05) is 24.3 Å². The van der Waals surface area contributed by atoms with Gasteiger partial charge in [0.1, 0.15) is 0 Å². The van der Waals surface area contributed by atoms with Gasteiger partial charge in [0.05, 0.1) is 11.7 Å². The Kier molecular flexibility index (Phi) is 9.92. The van der Waals surface area contributed by atoms with Crippen LogP contribution in [0.4, 0.5) is 0 Å². The largest absolute Gasteiger partial charge is 0.391 e. The molecule has 0 aliphatic carbocycles. The molecule has 2 aliphatic heterocycles. The number of benzene rings is 1. The molecule has 6 nitrogen and oxygen atoms in total. The Bertz CT molecular complexity index is 843. The normalized spacial score (nSPS) is 20.3. The molecule has 1 atom stereocenters. The van der Waals surface area contributed by atoms with E-state index in [4.69, 9.17) is 5.73 Å². The number of hydrogen-bond donors (Lipinski definition) is 2. The van der Waals surface area contributed by atoms with Gasteiger partial charge in [0.2, 0.25) is 0 Å². The predicted molar refractivity (Wildman–Crippen MR) is 131 cm³/mol. The summed E-state index contributed by atoms with van der Waals surface area (Å²) < 4.78 is 0. The lowest BCUT2D eigenvalue weighted by Gasteiger charge is -2.49. The zero-order valence-electron chi connectivity index (χ0n) is 18.4. The number of aliphatic hydroxyl groups excluding tert-OH is 1. The fourth-order valence-electron chi connectivity index (χ4n) is 4.96. The van der Waals surface area contributed by atoms with Crippen molar-refractivity contribution in [1.29, 1.82) is 0 Å². The Morgan fingerprint density at radius 3 is 2.44 bits per heavy atom. The van der Waals surface area contributed by atoms with Gasteiger partial charge in [-0.15, -0.1) is 24.8 Å². The second-order valence-electron chi connectivity index (χ2n) is 8.92. The van der Waals surface area contributed by atoms with Crippen LogP contribution < -0.4 is 5.73 Å². The molecule has 1 spiro atoms. The molecule has 32 heavy (non-hydrogen) atoms. The van der Waals surface area contributed by atoms with Gasteiger partial charge in [-0.2, -0.15) is 0 Å². The number of nitrogens with two attached hydrogens (primary N) is 1. The van der Waals surface area contributed by atoms with Gasteiger partial charge in [0.15, 0.2) is 0 Å². The van der Waals surface area contributed by atoms with Crippen molar-refractivity contribution in [2.24, 2.45) is 11.1 Å². The minimum Gasteiger partial charge on any atom is -0.391 e. The van der Waals surface area contributed by atoms with Gasteiger partial charge in [-0.05, 0) is 74.0 Å². The van der Waals surface area contributed by atoms with Crippen molar-refractivity contribution < 1.29 is 9.90 Å². The average Bonchev–Trinajstić information content (AvgIpc) is 2.77. The van der Waals surface area contributed by atoms with Gasteiger partial charge in [-0.25, -0.2) is 0 Å². The van der Waals surface area contributed by atoms with Crippen LogP contribution in [0.3, 0.4) is 0 Å². The van der Waals surface area contributed by atoms with Crippen molar-refractivity contribution in [3.05, 3.63) is 65.5 Å². The summed E-state index contributed by atoms with van der Waals surface area (Å²) >= 11 is 0.